The van der Waals surface area contributed by atoms with Gasteiger partial charge in [-0.3, -0.25) is 4.79 Å². The molecule has 0 bridgehead atoms. The largest absolute Gasteiger partial charge is 0.480 e. The number of rotatable bonds is 4. The summed E-state index contributed by atoms with van der Waals surface area (Å²) >= 11 is 6.03. The van der Waals surface area contributed by atoms with Crippen molar-refractivity contribution in [2.45, 2.75) is 38.2 Å². The Balaban J connectivity index is 2.19. The van der Waals surface area contributed by atoms with Crippen LogP contribution in [-0.4, -0.2) is 66.1 Å². The van der Waals surface area contributed by atoms with Gasteiger partial charge in [0.2, 0.25) is 10.0 Å². The Labute approximate surface area is 163 Å². The molecule has 0 radical (unpaired) electrons. The third-order valence-electron chi connectivity index (χ3n) is 3.92. The van der Waals surface area contributed by atoms with Crippen molar-refractivity contribution < 1.29 is 27.9 Å². The molecule has 150 valence electrons. The predicted molar refractivity (Wildman–Crippen MR) is 100 cm³/mol. The van der Waals surface area contributed by atoms with E-state index in [-0.39, 0.29) is 19.6 Å². The maximum atomic E-state index is 12.8. The first-order valence-corrected chi connectivity index (χ1v) is 10.3. The minimum atomic E-state index is -3.95. The van der Waals surface area contributed by atoms with Crippen LogP contribution in [0.25, 0.3) is 0 Å². The van der Waals surface area contributed by atoms with Gasteiger partial charge in [-0.15, -0.1) is 0 Å². The van der Waals surface area contributed by atoms with Crippen LogP contribution >= 0.6 is 11.6 Å². The van der Waals surface area contributed by atoms with Gasteiger partial charge in [-0.05, 0) is 32.4 Å². The highest BCUT2D eigenvalue weighted by Crippen LogP contribution is 2.23. The van der Waals surface area contributed by atoms with Gasteiger partial charge in [0.15, 0.2) is 0 Å². The molecule has 1 amide bonds. The van der Waals surface area contributed by atoms with E-state index in [1.54, 1.807) is 45.0 Å². The number of carbonyl (C=O) groups is 2. The van der Waals surface area contributed by atoms with Gasteiger partial charge in [-0.1, -0.05) is 29.8 Å². The van der Waals surface area contributed by atoms with Gasteiger partial charge >= 0.3 is 12.1 Å². The molecule has 1 aliphatic rings. The van der Waals surface area contributed by atoms with Crippen molar-refractivity contribution in [3.8, 4) is 0 Å². The molecule has 10 heteroatoms. The smallest absolute Gasteiger partial charge is 0.410 e. The van der Waals surface area contributed by atoms with Crippen molar-refractivity contribution in [3.63, 3.8) is 0 Å². The quantitative estimate of drug-likeness (QED) is 0.803. The van der Waals surface area contributed by atoms with Crippen molar-refractivity contribution in [2.75, 3.05) is 19.6 Å². The number of halogens is 1. The molecule has 27 heavy (non-hydrogen) atoms. The highest BCUT2D eigenvalue weighted by Gasteiger charge is 2.41. The monoisotopic (exact) mass is 418 g/mol. The molecule has 1 aromatic rings. The summed E-state index contributed by atoms with van der Waals surface area (Å²) in [4.78, 5) is 25.1. The maximum absolute atomic E-state index is 12.8. The summed E-state index contributed by atoms with van der Waals surface area (Å²) in [6.45, 7) is 4.72. The van der Waals surface area contributed by atoms with E-state index in [2.05, 4.69) is 0 Å². The van der Waals surface area contributed by atoms with Crippen molar-refractivity contribution in [3.05, 3.63) is 34.9 Å². The highest BCUT2D eigenvalue weighted by molar-refractivity contribution is 7.88. The van der Waals surface area contributed by atoms with Crippen LogP contribution in [0.5, 0.6) is 0 Å². The second-order valence-corrected chi connectivity index (χ2v) is 9.57. The molecule has 0 saturated carbocycles. The van der Waals surface area contributed by atoms with Gasteiger partial charge in [0.05, 0.1) is 12.3 Å². The van der Waals surface area contributed by atoms with Crippen LogP contribution in [0.15, 0.2) is 24.3 Å². The molecule has 1 unspecified atom stereocenters. The molecule has 1 fully saturated rings. The summed E-state index contributed by atoms with van der Waals surface area (Å²) in [6.07, 6.45) is -0.670. The summed E-state index contributed by atoms with van der Waals surface area (Å²) in [5, 5.41) is 9.81. The molecule has 0 aromatic heterocycles. The summed E-state index contributed by atoms with van der Waals surface area (Å²) in [6, 6.07) is 5.09. The number of carboxylic acid groups (broad SMARTS) is 1. The normalized spacial score (nSPS) is 19.0. The van der Waals surface area contributed by atoms with E-state index < -0.39 is 39.5 Å². The number of carboxylic acids is 1. The minimum Gasteiger partial charge on any atom is -0.480 e. The third-order valence-corrected chi connectivity index (χ3v) is 6.12. The molecule has 2 rings (SSSR count). The van der Waals surface area contributed by atoms with Crippen molar-refractivity contribution in [1.29, 1.82) is 0 Å². The Hall–Kier alpha value is -1.84. The van der Waals surface area contributed by atoms with Crippen molar-refractivity contribution in [2.24, 2.45) is 0 Å². The summed E-state index contributed by atoms with van der Waals surface area (Å²) in [7, 11) is -3.95. The minimum absolute atomic E-state index is 0.0421. The van der Waals surface area contributed by atoms with Crippen molar-refractivity contribution >= 4 is 33.7 Å². The Morgan fingerprint density at radius 1 is 1.26 bits per heavy atom. The van der Waals surface area contributed by atoms with E-state index in [9.17, 15) is 23.1 Å². The van der Waals surface area contributed by atoms with E-state index in [1.165, 1.54) is 4.90 Å². The van der Waals surface area contributed by atoms with E-state index in [1.807, 2.05) is 0 Å². The Morgan fingerprint density at radius 2 is 1.89 bits per heavy atom. The Bertz CT molecular complexity index is 821. The van der Waals surface area contributed by atoms with E-state index >= 15 is 0 Å². The van der Waals surface area contributed by atoms with Crippen LogP contribution in [0, 0.1) is 0 Å². The molecule has 1 aliphatic heterocycles. The number of ether oxygens (including phenoxy) is 1. The highest BCUT2D eigenvalue weighted by atomic mass is 35.5. The first-order chi connectivity index (χ1) is 12.4. The van der Waals surface area contributed by atoms with Crippen LogP contribution in [-0.2, 0) is 25.3 Å². The standard InChI is InChI=1S/C17H23ClN2O6S/c1-17(2,3)26-16(23)19-8-9-20(14(10-19)15(21)22)27(24,25)11-12-6-4-5-7-13(12)18/h4-7,14H,8-11H2,1-3H3,(H,21,22). The first kappa shape index (κ1) is 21.5. The van der Waals surface area contributed by atoms with Crippen LogP contribution in [0.3, 0.4) is 0 Å². The molecule has 0 aliphatic carbocycles. The molecule has 1 aromatic carbocycles. The lowest BCUT2D eigenvalue weighted by Crippen LogP contribution is -2.59. The van der Waals surface area contributed by atoms with Gasteiger partial charge in [0.1, 0.15) is 11.6 Å². The first-order valence-electron chi connectivity index (χ1n) is 8.34. The number of carbonyl (C=O) groups excluding carboxylic acids is 1. The van der Waals surface area contributed by atoms with Gasteiger partial charge < -0.3 is 14.7 Å². The molecule has 8 nitrogen and oxygen atoms in total. The number of amides is 1. The Kier molecular flexibility index (Phi) is 6.39. The molecule has 1 atom stereocenters. The number of sulfonamides is 1. The van der Waals surface area contributed by atoms with Gasteiger partial charge in [0, 0.05) is 18.1 Å². The molecule has 0 spiro atoms. The fourth-order valence-corrected chi connectivity index (χ4v) is 4.68. The molecule has 1 N–H and O–H groups in total. The van der Waals surface area contributed by atoms with Crippen LogP contribution in [0.2, 0.25) is 5.02 Å². The van der Waals surface area contributed by atoms with Crippen molar-refractivity contribution in [1.82, 2.24) is 9.21 Å². The van der Waals surface area contributed by atoms with Crippen LogP contribution < -0.4 is 0 Å². The lowest BCUT2D eigenvalue weighted by atomic mass is 10.2. The zero-order chi connectivity index (χ0) is 20.4. The van der Waals surface area contributed by atoms with Gasteiger partial charge in [-0.25, -0.2) is 13.2 Å². The lowest BCUT2D eigenvalue weighted by molar-refractivity contribution is -0.143. The SMILES string of the molecule is CC(C)(C)OC(=O)N1CCN(S(=O)(=O)Cc2ccccc2Cl)C(C(=O)O)C1. The predicted octanol–water partition coefficient (Wildman–Crippen LogP) is 2.18. The number of hydrogen-bond donors (Lipinski definition) is 1. The molecular formula is C17H23ClN2O6S. The second-order valence-electron chi connectivity index (χ2n) is 7.24. The number of piperazine rings is 1. The molecule has 1 saturated heterocycles. The fourth-order valence-electron chi connectivity index (χ4n) is 2.69. The number of benzene rings is 1. The average molecular weight is 419 g/mol. The lowest BCUT2D eigenvalue weighted by Gasteiger charge is -2.38. The van der Waals surface area contributed by atoms with E-state index in [0.717, 1.165) is 4.31 Å². The summed E-state index contributed by atoms with van der Waals surface area (Å²) in [5.41, 5.74) is -0.346. The number of nitrogens with zero attached hydrogens (tertiary/aromatic N) is 2. The van der Waals surface area contributed by atoms with E-state index in [4.69, 9.17) is 16.3 Å². The maximum Gasteiger partial charge on any atom is 0.410 e. The molecule has 1 heterocycles. The molecular weight excluding hydrogens is 396 g/mol. The number of aliphatic carboxylic acids is 1. The fraction of sp³-hybridized carbons (Fsp3) is 0.529. The van der Waals surface area contributed by atoms with Gasteiger partial charge in [-0.2, -0.15) is 4.31 Å². The zero-order valence-electron chi connectivity index (χ0n) is 15.4. The van der Waals surface area contributed by atoms with Crippen LogP contribution in [0.1, 0.15) is 26.3 Å². The van der Waals surface area contributed by atoms with E-state index in [0.29, 0.717) is 10.6 Å². The third kappa shape index (κ3) is 5.57. The van der Waals surface area contributed by atoms with Crippen LogP contribution in [0.4, 0.5) is 4.79 Å². The zero-order valence-corrected chi connectivity index (χ0v) is 17.0. The van der Waals surface area contributed by atoms with Gasteiger partial charge in [0.25, 0.3) is 0 Å². The summed E-state index contributed by atoms with van der Waals surface area (Å²) < 4.78 is 31.8. The average Bonchev–Trinajstić information content (AvgIpc) is 2.54. The number of hydrogen-bond acceptors (Lipinski definition) is 5. The Morgan fingerprint density at radius 3 is 2.44 bits per heavy atom. The second kappa shape index (κ2) is 8.04. The summed E-state index contributed by atoms with van der Waals surface area (Å²) in [5.74, 6) is -1.74. The topological polar surface area (TPSA) is 104 Å².